The highest BCUT2D eigenvalue weighted by atomic mass is 19.2. The van der Waals surface area contributed by atoms with E-state index in [2.05, 4.69) is 6.92 Å². The largest absolute Gasteiger partial charge is 0.477 e. The van der Waals surface area contributed by atoms with Crippen LogP contribution in [-0.2, 0) is 0 Å². The number of carboxylic acids is 1. The van der Waals surface area contributed by atoms with Crippen LogP contribution in [0.25, 0.3) is 11.1 Å². The van der Waals surface area contributed by atoms with Crippen molar-refractivity contribution in [3.63, 3.8) is 0 Å². The Morgan fingerprint density at radius 1 is 0.800 bits per heavy atom. The molecule has 1 saturated carbocycles. The van der Waals surface area contributed by atoms with Gasteiger partial charge in [0, 0.05) is 5.56 Å². The molecular formula is C28H33F5O2. The second-order valence-corrected chi connectivity index (χ2v) is 9.70. The highest BCUT2D eigenvalue weighted by Gasteiger charge is 2.31. The van der Waals surface area contributed by atoms with Gasteiger partial charge >= 0.3 is 5.97 Å². The average Bonchev–Trinajstić information content (AvgIpc) is 2.81. The van der Waals surface area contributed by atoms with Crippen LogP contribution in [0.1, 0.15) is 106 Å². The van der Waals surface area contributed by atoms with Crippen LogP contribution in [-0.4, -0.2) is 11.1 Å². The molecule has 7 heteroatoms. The number of benzene rings is 2. The van der Waals surface area contributed by atoms with Gasteiger partial charge in [0.05, 0.1) is 0 Å². The topological polar surface area (TPSA) is 37.3 Å². The molecule has 0 spiro atoms. The third kappa shape index (κ3) is 6.62. The molecule has 0 aliphatic heterocycles. The molecular weight excluding hydrogens is 463 g/mol. The van der Waals surface area contributed by atoms with Crippen molar-refractivity contribution in [2.45, 2.75) is 89.9 Å². The van der Waals surface area contributed by atoms with Crippen molar-refractivity contribution in [1.82, 2.24) is 0 Å². The van der Waals surface area contributed by atoms with Gasteiger partial charge < -0.3 is 5.11 Å². The predicted octanol–water partition coefficient (Wildman–Crippen LogP) is 9.16. The molecule has 0 heterocycles. The van der Waals surface area contributed by atoms with Crippen molar-refractivity contribution in [3.05, 3.63) is 58.4 Å². The minimum absolute atomic E-state index is 0.171. The highest BCUT2D eigenvalue weighted by molar-refractivity contribution is 5.91. The van der Waals surface area contributed by atoms with Gasteiger partial charge in [0.2, 0.25) is 0 Å². The Bertz CT molecular complexity index is 1010. The average molecular weight is 497 g/mol. The minimum Gasteiger partial charge on any atom is -0.477 e. The molecule has 192 valence electrons. The molecule has 0 unspecified atom stereocenters. The maximum Gasteiger partial charge on any atom is 0.341 e. The molecule has 2 aromatic carbocycles. The van der Waals surface area contributed by atoms with Gasteiger partial charge in [0.15, 0.2) is 17.5 Å². The maximum absolute atomic E-state index is 15.3. The zero-order chi connectivity index (χ0) is 25.5. The van der Waals surface area contributed by atoms with Gasteiger partial charge in [-0.1, -0.05) is 58.3 Å². The number of carboxylic acid groups (broad SMARTS) is 1. The molecule has 2 nitrogen and oxygen atoms in total. The molecule has 1 aliphatic rings. The van der Waals surface area contributed by atoms with Gasteiger partial charge in [-0.3, -0.25) is 0 Å². The van der Waals surface area contributed by atoms with Gasteiger partial charge in [-0.15, -0.1) is 0 Å². The molecule has 3 rings (SSSR count). The number of hydrogen-bond acceptors (Lipinski definition) is 1. The Morgan fingerprint density at radius 2 is 1.37 bits per heavy atom. The Labute approximate surface area is 203 Å². The van der Waals surface area contributed by atoms with Crippen LogP contribution < -0.4 is 0 Å². The van der Waals surface area contributed by atoms with Gasteiger partial charge in [-0.2, -0.15) is 0 Å². The summed E-state index contributed by atoms with van der Waals surface area (Å²) in [6.45, 7) is 2.19. The zero-order valence-electron chi connectivity index (χ0n) is 20.1. The van der Waals surface area contributed by atoms with Crippen LogP contribution in [0.15, 0.2) is 18.2 Å². The molecule has 0 atom stereocenters. The summed E-state index contributed by atoms with van der Waals surface area (Å²) < 4.78 is 71.2. The normalized spacial score (nSPS) is 18.1. The Balaban J connectivity index is 1.77. The Hall–Kier alpha value is -2.44. The van der Waals surface area contributed by atoms with E-state index in [1.165, 1.54) is 38.5 Å². The maximum atomic E-state index is 15.3. The van der Waals surface area contributed by atoms with E-state index in [0.717, 1.165) is 31.7 Å². The number of unbranched alkanes of at least 4 members (excludes halogenated alkanes) is 6. The Morgan fingerprint density at radius 3 is 1.94 bits per heavy atom. The quantitative estimate of drug-likeness (QED) is 0.191. The Kier molecular flexibility index (Phi) is 9.70. The number of aromatic carboxylic acids is 1. The van der Waals surface area contributed by atoms with Crippen molar-refractivity contribution in [1.29, 1.82) is 0 Å². The summed E-state index contributed by atoms with van der Waals surface area (Å²) in [6, 6.07) is 2.20. The molecule has 0 amide bonds. The van der Waals surface area contributed by atoms with Gasteiger partial charge in [0.1, 0.15) is 17.2 Å². The summed E-state index contributed by atoms with van der Waals surface area (Å²) in [5.41, 5.74) is -1.75. The van der Waals surface area contributed by atoms with E-state index in [4.69, 9.17) is 0 Å². The van der Waals surface area contributed by atoms with Crippen LogP contribution in [0, 0.1) is 35.0 Å². The lowest BCUT2D eigenvalue weighted by molar-refractivity contribution is 0.0686. The summed E-state index contributed by atoms with van der Waals surface area (Å²) in [6.07, 6.45) is 12.7. The van der Waals surface area contributed by atoms with E-state index in [1.807, 2.05) is 0 Å². The predicted molar refractivity (Wildman–Crippen MR) is 126 cm³/mol. The van der Waals surface area contributed by atoms with E-state index in [0.29, 0.717) is 30.9 Å². The molecule has 0 aromatic heterocycles. The first-order valence-corrected chi connectivity index (χ1v) is 12.6. The lowest BCUT2D eigenvalue weighted by atomic mass is 9.75. The van der Waals surface area contributed by atoms with Crippen molar-refractivity contribution in [2.75, 3.05) is 0 Å². The standard InChI is InChI=1S/C28H33F5O2/c1-2-3-4-5-6-7-8-9-17-10-12-18(13-11-17)20-16-21(29)25(28(34)35)27(33)24(20)19-14-22(30)26(32)23(31)15-19/h14-18H,2-13H2,1H3,(H,34,35). The molecule has 0 saturated heterocycles. The third-order valence-electron chi connectivity index (χ3n) is 7.24. The van der Waals surface area contributed by atoms with E-state index < -0.39 is 40.6 Å². The molecule has 1 N–H and O–H groups in total. The fourth-order valence-corrected chi connectivity index (χ4v) is 5.30. The van der Waals surface area contributed by atoms with Crippen LogP contribution in [0.4, 0.5) is 22.0 Å². The molecule has 1 fully saturated rings. The summed E-state index contributed by atoms with van der Waals surface area (Å²) in [7, 11) is 0. The summed E-state index contributed by atoms with van der Waals surface area (Å²) >= 11 is 0. The zero-order valence-corrected chi connectivity index (χ0v) is 20.1. The molecule has 35 heavy (non-hydrogen) atoms. The van der Waals surface area contributed by atoms with Crippen LogP contribution >= 0.6 is 0 Å². The lowest BCUT2D eigenvalue weighted by Gasteiger charge is -2.30. The number of carbonyl (C=O) groups is 1. The van der Waals surface area contributed by atoms with Crippen molar-refractivity contribution in [2.24, 2.45) is 5.92 Å². The van der Waals surface area contributed by atoms with Crippen LogP contribution in [0.3, 0.4) is 0 Å². The second-order valence-electron chi connectivity index (χ2n) is 9.70. The minimum atomic E-state index is -1.82. The lowest BCUT2D eigenvalue weighted by Crippen LogP contribution is -2.16. The first-order valence-electron chi connectivity index (χ1n) is 12.6. The van der Waals surface area contributed by atoms with Crippen molar-refractivity contribution < 1.29 is 31.9 Å². The number of halogens is 5. The van der Waals surface area contributed by atoms with Crippen molar-refractivity contribution in [3.8, 4) is 11.1 Å². The highest BCUT2D eigenvalue weighted by Crippen LogP contribution is 2.43. The van der Waals surface area contributed by atoms with Gasteiger partial charge in [-0.05, 0) is 66.8 Å². The van der Waals surface area contributed by atoms with Crippen LogP contribution in [0.2, 0.25) is 0 Å². The van der Waals surface area contributed by atoms with E-state index in [-0.39, 0.29) is 22.6 Å². The fraction of sp³-hybridized carbons (Fsp3) is 0.536. The smallest absolute Gasteiger partial charge is 0.341 e. The monoisotopic (exact) mass is 496 g/mol. The van der Waals surface area contributed by atoms with Crippen molar-refractivity contribution >= 4 is 5.97 Å². The molecule has 0 radical (unpaired) electrons. The molecule has 0 bridgehead atoms. The second kappa shape index (κ2) is 12.5. The third-order valence-corrected chi connectivity index (χ3v) is 7.24. The van der Waals surface area contributed by atoms with Gasteiger partial charge in [0.25, 0.3) is 0 Å². The summed E-state index contributed by atoms with van der Waals surface area (Å²) in [4.78, 5) is 11.5. The molecule has 2 aromatic rings. The summed E-state index contributed by atoms with van der Waals surface area (Å²) in [5, 5.41) is 9.28. The fourth-order valence-electron chi connectivity index (χ4n) is 5.30. The van der Waals surface area contributed by atoms with E-state index in [9.17, 15) is 27.5 Å². The SMILES string of the molecule is CCCCCCCCCC1CCC(c2cc(F)c(C(=O)O)c(F)c2-c2cc(F)c(F)c(F)c2)CC1. The first kappa shape index (κ1) is 27.2. The van der Waals surface area contributed by atoms with E-state index in [1.54, 1.807) is 0 Å². The van der Waals surface area contributed by atoms with Gasteiger partial charge in [-0.25, -0.2) is 26.7 Å². The first-order chi connectivity index (χ1) is 16.7. The molecule has 1 aliphatic carbocycles. The number of hydrogen-bond donors (Lipinski definition) is 1. The van der Waals surface area contributed by atoms with E-state index >= 15 is 4.39 Å². The summed E-state index contributed by atoms with van der Waals surface area (Å²) in [5.74, 6) is -8.99. The number of rotatable bonds is 11. The van der Waals surface area contributed by atoms with Crippen LogP contribution in [0.5, 0.6) is 0 Å².